The molecule has 0 aliphatic carbocycles. The molecule has 0 spiro atoms. The highest BCUT2D eigenvalue weighted by atomic mass is 35.5. The number of benzene rings is 1. The Kier molecular flexibility index (Phi) is 5.40. The summed E-state index contributed by atoms with van der Waals surface area (Å²) in [4.78, 5) is 18.8. The van der Waals surface area contributed by atoms with Crippen LogP contribution in [-0.2, 0) is 6.61 Å². The molecule has 0 N–H and O–H groups in total. The standard InChI is InChI=1S/C19H19ClN4O2S/c20-15-9-22-24(10-15)17-5-7-23(8-6-17)19(25)14-1-3-18(4-2-14)26-11-16-12-27-13-21-16/h1-4,9-10,12-13,17H,5-8,11H2. The fraction of sp³-hybridized carbons (Fsp3) is 0.316. The molecule has 1 aliphatic heterocycles. The van der Waals surface area contributed by atoms with Gasteiger partial charge in [-0.15, -0.1) is 11.3 Å². The first-order valence-corrected chi connectivity index (χ1v) is 10.1. The Hall–Kier alpha value is -2.38. The van der Waals surface area contributed by atoms with Gasteiger partial charge < -0.3 is 9.64 Å². The molecular weight excluding hydrogens is 384 g/mol. The van der Waals surface area contributed by atoms with Crippen molar-refractivity contribution in [2.75, 3.05) is 13.1 Å². The zero-order valence-corrected chi connectivity index (χ0v) is 16.2. The number of carbonyl (C=O) groups is 1. The molecule has 3 heterocycles. The first kappa shape index (κ1) is 18.0. The maximum atomic E-state index is 12.7. The van der Waals surface area contributed by atoms with Crippen LogP contribution in [0.2, 0.25) is 5.02 Å². The summed E-state index contributed by atoms with van der Waals surface area (Å²) in [5.74, 6) is 0.784. The highest BCUT2D eigenvalue weighted by Crippen LogP contribution is 2.24. The highest BCUT2D eigenvalue weighted by Gasteiger charge is 2.25. The van der Waals surface area contributed by atoms with E-state index < -0.39 is 0 Å². The summed E-state index contributed by atoms with van der Waals surface area (Å²) in [5.41, 5.74) is 3.36. The van der Waals surface area contributed by atoms with Crippen LogP contribution in [0, 0.1) is 0 Å². The molecule has 6 nitrogen and oxygen atoms in total. The minimum atomic E-state index is 0.0537. The van der Waals surface area contributed by atoms with Gasteiger partial charge in [-0.2, -0.15) is 5.10 Å². The summed E-state index contributed by atoms with van der Waals surface area (Å²) in [6, 6.07) is 7.59. The molecule has 1 aromatic carbocycles. The van der Waals surface area contributed by atoms with Gasteiger partial charge in [-0.25, -0.2) is 4.98 Å². The number of ether oxygens (including phenoxy) is 1. The van der Waals surface area contributed by atoms with E-state index in [-0.39, 0.29) is 5.91 Å². The minimum absolute atomic E-state index is 0.0537. The Labute approximate surface area is 166 Å². The molecule has 2 aromatic heterocycles. The lowest BCUT2D eigenvalue weighted by atomic mass is 10.0. The van der Waals surface area contributed by atoms with Gasteiger partial charge in [-0.1, -0.05) is 11.6 Å². The molecule has 0 saturated carbocycles. The van der Waals surface area contributed by atoms with E-state index in [1.165, 1.54) is 0 Å². The van der Waals surface area contributed by atoms with Crippen LogP contribution in [0.15, 0.2) is 47.5 Å². The van der Waals surface area contributed by atoms with Crippen molar-refractivity contribution in [3.8, 4) is 5.75 Å². The smallest absolute Gasteiger partial charge is 0.253 e. The van der Waals surface area contributed by atoms with Gasteiger partial charge in [0, 0.05) is 30.2 Å². The molecule has 0 atom stereocenters. The lowest BCUT2D eigenvalue weighted by molar-refractivity contribution is 0.0690. The van der Waals surface area contributed by atoms with Gasteiger partial charge in [0.25, 0.3) is 5.91 Å². The van der Waals surface area contributed by atoms with Crippen molar-refractivity contribution in [2.45, 2.75) is 25.5 Å². The summed E-state index contributed by atoms with van der Waals surface area (Å²) in [6.07, 6.45) is 5.24. The van der Waals surface area contributed by atoms with E-state index in [4.69, 9.17) is 16.3 Å². The van der Waals surface area contributed by atoms with Gasteiger partial charge >= 0.3 is 0 Å². The lowest BCUT2D eigenvalue weighted by Gasteiger charge is -2.32. The Morgan fingerprint density at radius 2 is 2.04 bits per heavy atom. The number of hydrogen-bond donors (Lipinski definition) is 0. The van der Waals surface area contributed by atoms with Crippen molar-refractivity contribution in [1.29, 1.82) is 0 Å². The van der Waals surface area contributed by atoms with E-state index in [0.717, 1.165) is 24.3 Å². The van der Waals surface area contributed by atoms with Crippen molar-refractivity contribution < 1.29 is 9.53 Å². The third-order valence-electron chi connectivity index (χ3n) is 4.67. The van der Waals surface area contributed by atoms with E-state index in [9.17, 15) is 4.79 Å². The lowest BCUT2D eigenvalue weighted by Crippen LogP contribution is -2.39. The molecule has 0 unspecified atom stereocenters. The van der Waals surface area contributed by atoms with Crippen molar-refractivity contribution in [2.24, 2.45) is 0 Å². The maximum Gasteiger partial charge on any atom is 0.253 e. The van der Waals surface area contributed by atoms with Gasteiger partial charge in [0.05, 0.1) is 28.5 Å². The number of nitrogens with zero attached hydrogens (tertiary/aromatic N) is 4. The van der Waals surface area contributed by atoms with Crippen molar-refractivity contribution in [3.05, 3.63) is 63.8 Å². The van der Waals surface area contributed by atoms with Gasteiger partial charge in [0.1, 0.15) is 12.4 Å². The molecule has 1 fully saturated rings. The summed E-state index contributed by atoms with van der Waals surface area (Å²) >= 11 is 7.49. The predicted molar refractivity (Wildman–Crippen MR) is 104 cm³/mol. The van der Waals surface area contributed by atoms with Crippen LogP contribution in [0.3, 0.4) is 0 Å². The van der Waals surface area contributed by atoms with E-state index >= 15 is 0 Å². The van der Waals surface area contributed by atoms with E-state index in [2.05, 4.69) is 10.1 Å². The van der Waals surface area contributed by atoms with Crippen molar-refractivity contribution in [1.82, 2.24) is 19.7 Å². The second kappa shape index (κ2) is 8.10. The van der Waals surface area contributed by atoms with E-state index in [0.29, 0.717) is 36.3 Å². The number of carbonyl (C=O) groups excluding carboxylic acids is 1. The second-order valence-electron chi connectivity index (χ2n) is 6.45. The topological polar surface area (TPSA) is 60.2 Å². The fourth-order valence-corrected chi connectivity index (χ4v) is 3.88. The zero-order valence-electron chi connectivity index (χ0n) is 14.6. The molecule has 8 heteroatoms. The van der Waals surface area contributed by atoms with Crippen LogP contribution in [0.5, 0.6) is 5.75 Å². The molecule has 140 valence electrons. The summed E-state index contributed by atoms with van der Waals surface area (Å²) in [7, 11) is 0. The quantitative estimate of drug-likeness (QED) is 0.646. The summed E-state index contributed by atoms with van der Waals surface area (Å²) in [5, 5.41) is 6.88. The number of rotatable bonds is 5. The van der Waals surface area contributed by atoms with Crippen LogP contribution in [0.4, 0.5) is 0 Å². The molecule has 0 radical (unpaired) electrons. The fourth-order valence-electron chi connectivity index (χ4n) is 3.19. The molecule has 1 saturated heterocycles. The van der Waals surface area contributed by atoms with Crippen LogP contribution in [-0.4, -0.2) is 38.7 Å². The Balaban J connectivity index is 1.31. The van der Waals surface area contributed by atoms with Gasteiger partial charge in [0.15, 0.2) is 0 Å². The number of halogens is 1. The minimum Gasteiger partial charge on any atom is -0.487 e. The maximum absolute atomic E-state index is 12.7. The summed E-state index contributed by atoms with van der Waals surface area (Å²) < 4.78 is 7.60. The summed E-state index contributed by atoms with van der Waals surface area (Å²) in [6.45, 7) is 1.86. The molecular formula is C19H19ClN4O2S. The number of piperidine rings is 1. The third-order valence-corrected chi connectivity index (χ3v) is 5.50. The number of thiazole rings is 1. The third kappa shape index (κ3) is 4.31. The first-order chi connectivity index (χ1) is 13.2. The molecule has 1 aliphatic rings. The van der Waals surface area contributed by atoms with Crippen LogP contribution < -0.4 is 4.74 Å². The van der Waals surface area contributed by atoms with Gasteiger partial charge in [0.2, 0.25) is 0 Å². The number of hydrogen-bond acceptors (Lipinski definition) is 5. The largest absolute Gasteiger partial charge is 0.487 e. The molecule has 3 aromatic rings. The number of amides is 1. The highest BCUT2D eigenvalue weighted by molar-refractivity contribution is 7.07. The van der Waals surface area contributed by atoms with Crippen molar-refractivity contribution in [3.63, 3.8) is 0 Å². The average molecular weight is 403 g/mol. The Morgan fingerprint density at radius 1 is 1.26 bits per heavy atom. The molecule has 27 heavy (non-hydrogen) atoms. The average Bonchev–Trinajstić information content (AvgIpc) is 3.38. The molecule has 1 amide bonds. The SMILES string of the molecule is O=C(c1ccc(OCc2cscn2)cc1)N1CCC(n2cc(Cl)cn2)CC1. The zero-order chi connectivity index (χ0) is 18.6. The van der Waals surface area contributed by atoms with Crippen LogP contribution in [0.1, 0.15) is 34.9 Å². The van der Waals surface area contributed by atoms with Crippen molar-refractivity contribution >= 4 is 28.8 Å². The first-order valence-electron chi connectivity index (χ1n) is 8.78. The van der Waals surface area contributed by atoms with E-state index in [1.807, 2.05) is 45.4 Å². The van der Waals surface area contributed by atoms with Gasteiger partial charge in [-0.05, 0) is 37.1 Å². The van der Waals surface area contributed by atoms with Crippen LogP contribution >= 0.6 is 22.9 Å². The predicted octanol–water partition coefficient (Wildman–Crippen LogP) is 4.05. The number of likely N-dealkylation sites (tertiary alicyclic amines) is 1. The Bertz CT molecular complexity index is 887. The number of aromatic nitrogens is 3. The molecule has 4 rings (SSSR count). The molecule has 0 bridgehead atoms. The normalized spacial score (nSPS) is 15.1. The monoisotopic (exact) mass is 402 g/mol. The Morgan fingerprint density at radius 3 is 2.67 bits per heavy atom. The van der Waals surface area contributed by atoms with Gasteiger partial charge in [-0.3, -0.25) is 9.48 Å². The van der Waals surface area contributed by atoms with E-state index in [1.54, 1.807) is 23.0 Å². The second-order valence-corrected chi connectivity index (χ2v) is 7.61. The van der Waals surface area contributed by atoms with Crippen LogP contribution in [0.25, 0.3) is 0 Å².